The minimum absolute atomic E-state index is 0.0828. The number of carbonyl (C=O) groups is 3. The molecule has 4 N–H and O–H groups in total. The fraction of sp³-hybridized carbons (Fsp3) is 0.167. The second kappa shape index (κ2) is 9.10. The van der Waals surface area contributed by atoms with Crippen LogP contribution in [0, 0.1) is 0 Å². The summed E-state index contributed by atoms with van der Waals surface area (Å²) in [6.45, 7) is 0.314. The molecule has 0 atom stereocenters. The van der Waals surface area contributed by atoms with Gasteiger partial charge < -0.3 is 20.5 Å². The summed E-state index contributed by atoms with van der Waals surface area (Å²) in [6, 6.07) is 12.9. The van der Waals surface area contributed by atoms with Gasteiger partial charge in [0.25, 0.3) is 23.3 Å². The predicted molar refractivity (Wildman–Crippen MR) is 124 cm³/mol. The van der Waals surface area contributed by atoms with Crippen molar-refractivity contribution < 1.29 is 23.9 Å². The molecule has 0 unspecified atom stereocenters. The first-order valence-corrected chi connectivity index (χ1v) is 10.4. The van der Waals surface area contributed by atoms with Gasteiger partial charge in [0, 0.05) is 12.6 Å². The molecule has 4 rings (SSSR count). The van der Waals surface area contributed by atoms with E-state index in [4.69, 9.17) is 15.2 Å². The van der Waals surface area contributed by atoms with Crippen LogP contribution in [-0.4, -0.2) is 43.1 Å². The minimum atomic E-state index is -0.692. The van der Waals surface area contributed by atoms with Crippen molar-refractivity contribution in [3.63, 3.8) is 0 Å². The Balaban J connectivity index is 1.59. The molecule has 0 aliphatic carbocycles. The van der Waals surface area contributed by atoms with Gasteiger partial charge in [0.05, 0.1) is 36.6 Å². The summed E-state index contributed by atoms with van der Waals surface area (Å²) < 4.78 is 11.6. The van der Waals surface area contributed by atoms with E-state index in [1.807, 2.05) is 12.1 Å². The van der Waals surface area contributed by atoms with Crippen LogP contribution >= 0.6 is 0 Å². The third-order valence-corrected chi connectivity index (χ3v) is 5.49. The number of aromatic nitrogens is 1. The number of rotatable bonds is 7. The summed E-state index contributed by atoms with van der Waals surface area (Å²) in [7, 11) is 3.10. The fourth-order valence-corrected chi connectivity index (χ4v) is 3.84. The number of fused-ring (bicyclic) bond motifs is 1. The van der Waals surface area contributed by atoms with Crippen molar-refractivity contribution in [2.45, 2.75) is 6.42 Å². The summed E-state index contributed by atoms with van der Waals surface area (Å²) >= 11 is 0. The number of hydrogen-bond acceptors (Lipinski definition) is 7. The number of carbonyl (C=O) groups excluding carboxylic acids is 3. The van der Waals surface area contributed by atoms with E-state index in [9.17, 15) is 19.2 Å². The second-order valence-corrected chi connectivity index (χ2v) is 7.49. The summed E-state index contributed by atoms with van der Waals surface area (Å²) in [5.74, 6) is -0.817. The quantitative estimate of drug-likeness (QED) is 0.449. The van der Waals surface area contributed by atoms with Crippen LogP contribution in [0.1, 0.15) is 36.6 Å². The number of hydrogen-bond donors (Lipinski definition) is 3. The summed E-state index contributed by atoms with van der Waals surface area (Å²) in [4.78, 5) is 49.8. The standard InChI is InChI=1S/C24H22N4O6/c1-33-17-8-7-13(11-18(17)34-2)9-10-26-22(30)14-5-3-4-6-16(14)28-19(29)12-15-20(21(28)25)24(32)27-23(15)31/h3-8,11-12H,9-10,25H2,1-2H3,(H,26,30)(H,27,31,32). The van der Waals surface area contributed by atoms with Crippen molar-refractivity contribution in [3.8, 4) is 17.2 Å². The molecule has 3 aromatic rings. The summed E-state index contributed by atoms with van der Waals surface area (Å²) in [5.41, 5.74) is 6.62. The highest BCUT2D eigenvalue weighted by atomic mass is 16.5. The normalized spacial score (nSPS) is 12.2. The van der Waals surface area contributed by atoms with E-state index in [1.165, 1.54) is 0 Å². The van der Waals surface area contributed by atoms with Gasteiger partial charge in [-0.25, -0.2) is 0 Å². The molecular formula is C24H22N4O6. The minimum Gasteiger partial charge on any atom is -0.493 e. The molecule has 3 amide bonds. The molecule has 0 radical (unpaired) electrons. The molecule has 0 saturated heterocycles. The van der Waals surface area contributed by atoms with Crippen LogP contribution in [0.5, 0.6) is 11.5 Å². The van der Waals surface area contributed by atoms with Gasteiger partial charge in [-0.1, -0.05) is 18.2 Å². The molecule has 0 saturated carbocycles. The number of ether oxygens (including phenoxy) is 2. The van der Waals surface area contributed by atoms with Crippen molar-refractivity contribution in [2.24, 2.45) is 0 Å². The van der Waals surface area contributed by atoms with Crippen molar-refractivity contribution in [3.05, 3.63) is 81.1 Å². The average molecular weight is 462 g/mol. The molecule has 1 aliphatic heterocycles. The number of methoxy groups -OCH3 is 2. The van der Waals surface area contributed by atoms with Gasteiger partial charge in [-0.05, 0) is 36.2 Å². The predicted octanol–water partition coefficient (Wildman–Crippen LogP) is 1.29. The Kier molecular flexibility index (Phi) is 6.05. The van der Waals surface area contributed by atoms with Crippen LogP contribution < -0.4 is 31.4 Å². The maximum atomic E-state index is 13.0. The monoisotopic (exact) mass is 462 g/mol. The van der Waals surface area contributed by atoms with Crippen molar-refractivity contribution in [1.29, 1.82) is 0 Å². The zero-order valence-corrected chi connectivity index (χ0v) is 18.5. The highest BCUT2D eigenvalue weighted by Crippen LogP contribution is 2.28. The Labute approximate surface area is 194 Å². The van der Waals surface area contributed by atoms with Crippen LogP contribution in [0.2, 0.25) is 0 Å². The zero-order chi connectivity index (χ0) is 24.4. The number of benzene rings is 2. The lowest BCUT2D eigenvalue weighted by molar-refractivity contribution is 0.0878. The van der Waals surface area contributed by atoms with E-state index < -0.39 is 23.3 Å². The number of nitrogen functional groups attached to an aromatic ring is 1. The maximum absolute atomic E-state index is 13.0. The molecule has 2 heterocycles. The average Bonchev–Trinajstić information content (AvgIpc) is 3.12. The maximum Gasteiger partial charge on any atom is 0.262 e. The molecule has 0 fully saturated rings. The van der Waals surface area contributed by atoms with Crippen LogP contribution in [0.15, 0.2) is 53.3 Å². The zero-order valence-electron chi connectivity index (χ0n) is 18.5. The van der Waals surface area contributed by atoms with Gasteiger partial charge >= 0.3 is 0 Å². The Bertz CT molecular complexity index is 1380. The van der Waals surface area contributed by atoms with Crippen LogP contribution in [0.4, 0.5) is 5.82 Å². The molecule has 0 bridgehead atoms. The first-order chi connectivity index (χ1) is 16.3. The lowest BCUT2D eigenvalue weighted by Gasteiger charge is -2.16. The Morgan fingerprint density at radius 2 is 1.74 bits per heavy atom. The lowest BCUT2D eigenvalue weighted by Crippen LogP contribution is -2.30. The lowest BCUT2D eigenvalue weighted by atomic mass is 10.1. The molecule has 1 aliphatic rings. The van der Waals surface area contributed by atoms with Crippen LogP contribution in [0.25, 0.3) is 5.69 Å². The topological polar surface area (TPSA) is 142 Å². The number of para-hydroxylation sites is 1. The number of nitrogens with two attached hydrogens (primary N) is 1. The van der Waals surface area contributed by atoms with Crippen molar-refractivity contribution in [1.82, 2.24) is 15.2 Å². The third kappa shape index (κ3) is 3.96. The first kappa shape index (κ1) is 22.6. The first-order valence-electron chi connectivity index (χ1n) is 10.4. The summed E-state index contributed by atoms with van der Waals surface area (Å²) in [6.07, 6.45) is 0.525. The number of anilines is 1. The molecule has 2 aromatic carbocycles. The number of pyridine rings is 1. The highest BCUT2D eigenvalue weighted by molar-refractivity contribution is 6.23. The second-order valence-electron chi connectivity index (χ2n) is 7.49. The number of amides is 3. The molecule has 174 valence electrons. The third-order valence-electron chi connectivity index (χ3n) is 5.49. The molecular weight excluding hydrogens is 440 g/mol. The Hall–Kier alpha value is -4.60. The van der Waals surface area contributed by atoms with E-state index in [0.717, 1.165) is 16.2 Å². The van der Waals surface area contributed by atoms with Crippen molar-refractivity contribution in [2.75, 3.05) is 26.5 Å². The van der Waals surface area contributed by atoms with Gasteiger partial charge in [0.15, 0.2) is 11.5 Å². The number of imide groups is 1. The highest BCUT2D eigenvalue weighted by Gasteiger charge is 2.32. The summed E-state index contributed by atoms with van der Waals surface area (Å²) in [5, 5.41) is 4.95. The molecule has 34 heavy (non-hydrogen) atoms. The van der Waals surface area contributed by atoms with E-state index in [2.05, 4.69) is 10.6 Å². The molecule has 10 heteroatoms. The Morgan fingerprint density at radius 3 is 2.47 bits per heavy atom. The van der Waals surface area contributed by atoms with Gasteiger partial charge in [0.2, 0.25) is 0 Å². The van der Waals surface area contributed by atoms with Gasteiger partial charge in [-0.2, -0.15) is 0 Å². The number of nitrogens with zero attached hydrogens (tertiary/aromatic N) is 1. The van der Waals surface area contributed by atoms with Crippen molar-refractivity contribution >= 4 is 23.5 Å². The van der Waals surface area contributed by atoms with E-state index in [1.54, 1.807) is 44.6 Å². The largest absolute Gasteiger partial charge is 0.493 e. The van der Waals surface area contributed by atoms with Gasteiger partial charge in [-0.15, -0.1) is 0 Å². The van der Waals surface area contributed by atoms with E-state index in [-0.39, 0.29) is 28.2 Å². The smallest absolute Gasteiger partial charge is 0.262 e. The van der Waals surface area contributed by atoms with E-state index in [0.29, 0.717) is 24.5 Å². The molecule has 10 nitrogen and oxygen atoms in total. The Morgan fingerprint density at radius 1 is 1.00 bits per heavy atom. The molecule has 0 spiro atoms. The molecule has 1 aromatic heterocycles. The fourth-order valence-electron chi connectivity index (χ4n) is 3.84. The van der Waals surface area contributed by atoms with Crippen LogP contribution in [-0.2, 0) is 6.42 Å². The number of nitrogens with one attached hydrogen (secondary N) is 2. The SMILES string of the molecule is COc1ccc(CCNC(=O)c2ccccc2-n2c(N)c3c(cc2=O)C(=O)NC3=O)cc1OC. The van der Waals surface area contributed by atoms with E-state index >= 15 is 0 Å². The van der Waals surface area contributed by atoms with Gasteiger partial charge in [0.1, 0.15) is 5.82 Å². The van der Waals surface area contributed by atoms with Gasteiger partial charge in [-0.3, -0.25) is 29.1 Å². The van der Waals surface area contributed by atoms with Crippen LogP contribution in [0.3, 0.4) is 0 Å².